The van der Waals surface area contributed by atoms with Crippen molar-refractivity contribution in [2.24, 2.45) is 5.41 Å². The van der Waals surface area contributed by atoms with Crippen molar-refractivity contribution in [3.05, 3.63) is 30.3 Å². The summed E-state index contributed by atoms with van der Waals surface area (Å²) >= 11 is 0. The van der Waals surface area contributed by atoms with Crippen LogP contribution in [0.25, 0.3) is 0 Å². The second kappa shape index (κ2) is 7.53. The summed E-state index contributed by atoms with van der Waals surface area (Å²) in [5, 5.41) is 2.92. The van der Waals surface area contributed by atoms with Crippen LogP contribution in [-0.4, -0.2) is 56.4 Å². The van der Waals surface area contributed by atoms with Gasteiger partial charge in [-0.15, -0.1) is 0 Å². The van der Waals surface area contributed by atoms with Gasteiger partial charge in [0.15, 0.2) is 0 Å². The van der Waals surface area contributed by atoms with E-state index in [9.17, 15) is 13.2 Å². The van der Waals surface area contributed by atoms with E-state index < -0.39 is 10.0 Å². The normalized spacial score (nSPS) is 17.4. The van der Waals surface area contributed by atoms with Crippen LogP contribution < -0.4 is 5.32 Å². The molecular formula is C17H27N3O3S. The van der Waals surface area contributed by atoms with Gasteiger partial charge in [-0.05, 0) is 24.0 Å². The molecule has 1 heterocycles. The lowest BCUT2D eigenvalue weighted by Crippen LogP contribution is -2.44. The van der Waals surface area contributed by atoms with Crippen LogP contribution in [-0.2, 0) is 10.0 Å². The predicted molar refractivity (Wildman–Crippen MR) is 94.2 cm³/mol. The molecule has 1 N–H and O–H groups in total. The van der Waals surface area contributed by atoms with Crippen LogP contribution in [0.2, 0.25) is 0 Å². The van der Waals surface area contributed by atoms with Crippen LogP contribution in [0.4, 0.5) is 4.79 Å². The van der Waals surface area contributed by atoms with Crippen LogP contribution in [0.3, 0.4) is 0 Å². The van der Waals surface area contributed by atoms with E-state index in [2.05, 4.69) is 26.1 Å². The van der Waals surface area contributed by atoms with Crippen molar-refractivity contribution in [3.8, 4) is 0 Å². The lowest BCUT2D eigenvalue weighted by atomic mass is 9.97. The fourth-order valence-electron chi connectivity index (χ4n) is 2.53. The van der Waals surface area contributed by atoms with E-state index in [1.165, 1.54) is 4.31 Å². The lowest BCUT2D eigenvalue weighted by Gasteiger charge is -2.25. The fraction of sp³-hybridized carbons (Fsp3) is 0.588. The zero-order valence-electron chi connectivity index (χ0n) is 14.7. The molecule has 0 spiro atoms. The topological polar surface area (TPSA) is 69.7 Å². The minimum Gasteiger partial charge on any atom is -0.337 e. The number of rotatable bonds is 3. The number of amides is 2. The van der Waals surface area contributed by atoms with Crippen LogP contribution in [0, 0.1) is 5.41 Å². The van der Waals surface area contributed by atoms with Crippen LogP contribution in [0.5, 0.6) is 0 Å². The van der Waals surface area contributed by atoms with E-state index in [1.807, 2.05) is 0 Å². The van der Waals surface area contributed by atoms with E-state index in [1.54, 1.807) is 35.2 Å². The summed E-state index contributed by atoms with van der Waals surface area (Å²) in [6.07, 6.45) is 0.634. The summed E-state index contributed by atoms with van der Waals surface area (Å²) in [4.78, 5) is 14.3. The summed E-state index contributed by atoms with van der Waals surface area (Å²) in [5.74, 6) is 0. The molecule has 1 aliphatic rings. The van der Waals surface area contributed by atoms with Crippen LogP contribution in [0.1, 0.15) is 27.2 Å². The lowest BCUT2D eigenvalue weighted by molar-refractivity contribution is 0.195. The first kappa shape index (κ1) is 18.7. The quantitative estimate of drug-likeness (QED) is 0.905. The molecule has 0 radical (unpaired) electrons. The Labute approximate surface area is 144 Å². The maximum Gasteiger partial charge on any atom is 0.317 e. The van der Waals surface area contributed by atoms with Gasteiger partial charge in [0.2, 0.25) is 10.0 Å². The molecule has 6 nitrogen and oxygen atoms in total. The van der Waals surface area contributed by atoms with E-state index in [0.717, 1.165) is 0 Å². The summed E-state index contributed by atoms with van der Waals surface area (Å²) < 4.78 is 26.8. The maximum absolute atomic E-state index is 12.7. The Morgan fingerprint density at radius 3 is 2.38 bits per heavy atom. The molecule has 1 aromatic rings. The van der Waals surface area contributed by atoms with Crippen molar-refractivity contribution >= 4 is 16.1 Å². The number of carbonyl (C=O) groups excluding carboxylic acids is 1. The third-order valence-corrected chi connectivity index (χ3v) is 5.81. The SMILES string of the molecule is CC(C)(C)CNC(=O)N1CCCN(S(=O)(=O)c2ccccc2)CC1. The van der Waals surface area contributed by atoms with Gasteiger partial charge >= 0.3 is 6.03 Å². The highest BCUT2D eigenvalue weighted by molar-refractivity contribution is 7.89. The molecule has 1 fully saturated rings. The second-order valence-electron chi connectivity index (χ2n) is 7.28. The number of benzene rings is 1. The van der Waals surface area contributed by atoms with Crippen molar-refractivity contribution in [2.45, 2.75) is 32.1 Å². The van der Waals surface area contributed by atoms with Crippen molar-refractivity contribution in [1.29, 1.82) is 0 Å². The monoisotopic (exact) mass is 353 g/mol. The highest BCUT2D eigenvalue weighted by Crippen LogP contribution is 2.17. The molecule has 2 rings (SSSR count). The zero-order valence-corrected chi connectivity index (χ0v) is 15.5. The first-order chi connectivity index (χ1) is 11.2. The summed E-state index contributed by atoms with van der Waals surface area (Å²) in [6, 6.07) is 8.32. The Bertz CT molecular complexity index is 653. The summed E-state index contributed by atoms with van der Waals surface area (Å²) in [5.41, 5.74) is 0.0180. The predicted octanol–water partition coefficient (Wildman–Crippen LogP) is 2.14. The van der Waals surface area contributed by atoms with Crippen molar-refractivity contribution in [3.63, 3.8) is 0 Å². The Kier molecular flexibility index (Phi) is 5.87. The average Bonchev–Trinajstić information content (AvgIpc) is 2.79. The Balaban J connectivity index is 1.99. The largest absolute Gasteiger partial charge is 0.337 e. The van der Waals surface area contributed by atoms with Gasteiger partial charge in [0.05, 0.1) is 4.90 Å². The van der Waals surface area contributed by atoms with Gasteiger partial charge in [-0.3, -0.25) is 0 Å². The minimum atomic E-state index is -3.50. The van der Waals surface area contributed by atoms with Gasteiger partial charge < -0.3 is 10.2 Å². The van der Waals surface area contributed by atoms with E-state index in [0.29, 0.717) is 44.0 Å². The molecule has 0 saturated carbocycles. The molecule has 1 aromatic carbocycles. The molecule has 0 aromatic heterocycles. The number of hydrogen-bond donors (Lipinski definition) is 1. The summed E-state index contributed by atoms with van der Waals surface area (Å²) in [6.45, 7) is 8.49. The maximum atomic E-state index is 12.7. The average molecular weight is 353 g/mol. The van der Waals surface area contributed by atoms with Gasteiger partial charge in [-0.2, -0.15) is 4.31 Å². The molecule has 134 valence electrons. The third-order valence-electron chi connectivity index (χ3n) is 3.89. The molecule has 0 aliphatic carbocycles. The first-order valence-corrected chi connectivity index (χ1v) is 9.72. The van der Waals surface area contributed by atoms with Crippen molar-refractivity contribution < 1.29 is 13.2 Å². The Morgan fingerprint density at radius 2 is 1.75 bits per heavy atom. The van der Waals surface area contributed by atoms with Crippen LogP contribution in [0.15, 0.2) is 35.2 Å². The molecule has 1 saturated heterocycles. The molecule has 0 unspecified atom stereocenters. The van der Waals surface area contributed by atoms with Crippen molar-refractivity contribution in [1.82, 2.24) is 14.5 Å². The van der Waals surface area contributed by atoms with E-state index >= 15 is 0 Å². The third kappa shape index (κ3) is 4.95. The second-order valence-corrected chi connectivity index (χ2v) is 9.22. The highest BCUT2D eigenvalue weighted by atomic mass is 32.2. The molecule has 0 atom stereocenters. The number of urea groups is 1. The highest BCUT2D eigenvalue weighted by Gasteiger charge is 2.28. The molecule has 2 amide bonds. The molecule has 0 bridgehead atoms. The van der Waals surface area contributed by atoms with Crippen LogP contribution >= 0.6 is 0 Å². The Hall–Kier alpha value is -1.60. The van der Waals surface area contributed by atoms with E-state index in [-0.39, 0.29) is 11.4 Å². The Morgan fingerprint density at radius 1 is 1.08 bits per heavy atom. The van der Waals surface area contributed by atoms with Gasteiger partial charge in [0, 0.05) is 32.7 Å². The molecule has 24 heavy (non-hydrogen) atoms. The van der Waals surface area contributed by atoms with Gasteiger partial charge in [-0.1, -0.05) is 39.0 Å². The zero-order chi connectivity index (χ0) is 17.8. The van der Waals surface area contributed by atoms with Crippen molar-refractivity contribution in [2.75, 3.05) is 32.7 Å². The standard InChI is InChI=1S/C17H27N3O3S/c1-17(2,3)14-18-16(21)19-10-7-11-20(13-12-19)24(22,23)15-8-5-4-6-9-15/h4-6,8-9H,7,10-14H2,1-3H3,(H,18,21). The number of hydrogen-bond acceptors (Lipinski definition) is 3. The minimum absolute atomic E-state index is 0.0180. The molecule has 7 heteroatoms. The van der Waals surface area contributed by atoms with Gasteiger partial charge in [-0.25, -0.2) is 13.2 Å². The first-order valence-electron chi connectivity index (χ1n) is 8.28. The van der Waals surface area contributed by atoms with E-state index in [4.69, 9.17) is 0 Å². The smallest absolute Gasteiger partial charge is 0.317 e. The van der Waals surface area contributed by atoms with Gasteiger partial charge in [0.1, 0.15) is 0 Å². The fourth-order valence-corrected chi connectivity index (χ4v) is 4.02. The number of carbonyl (C=O) groups is 1. The number of sulfonamides is 1. The van der Waals surface area contributed by atoms with Gasteiger partial charge in [0.25, 0.3) is 0 Å². The number of nitrogens with zero attached hydrogens (tertiary/aromatic N) is 2. The summed E-state index contributed by atoms with van der Waals surface area (Å²) in [7, 11) is -3.50. The molecule has 1 aliphatic heterocycles. The molecular weight excluding hydrogens is 326 g/mol. The number of nitrogens with one attached hydrogen (secondary N) is 1.